The third kappa shape index (κ3) is 3.17. The van der Waals surface area contributed by atoms with Crippen molar-refractivity contribution in [3.8, 4) is 0 Å². The van der Waals surface area contributed by atoms with E-state index < -0.39 is 15.1 Å². The number of hydrogen-bond donors (Lipinski definition) is 1. The number of nitrogens with zero attached hydrogens (tertiary/aromatic N) is 1. The van der Waals surface area contributed by atoms with Gasteiger partial charge in [0.2, 0.25) is 5.91 Å². The number of likely N-dealkylation sites (tertiary alicyclic amines) is 1. The highest BCUT2D eigenvalue weighted by Crippen LogP contribution is 2.12. The van der Waals surface area contributed by atoms with Gasteiger partial charge in [0.05, 0.1) is 0 Å². The van der Waals surface area contributed by atoms with E-state index >= 15 is 0 Å². The lowest BCUT2D eigenvalue weighted by atomic mass is 10.1. The smallest absolute Gasteiger partial charge is 0.240 e. The molecule has 0 aliphatic carbocycles. The van der Waals surface area contributed by atoms with Crippen LogP contribution in [0.1, 0.15) is 19.8 Å². The first-order valence-corrected chi connectivity index (χ1v) is 7.01. The molecule has 1 amide bonds. The Morgan fingerprint density at radius 3 is 2.27 bits per heavy atom. The summed E-state index contributed by atoms with van der Waals surface area (Å²) in [5.41, 5.74) is 5.70. The van der Waals surface area contributed by atoms with E-state index in [1.54, 1.807) is 4.90 Å². The predicted molar refractivity (Wildman–Crippen MR) is 58.1 cm³/mol. The molecule has 6 heteroatoms. The molecule has 1 rings (SSSR count). The van der Waals surface area contributed by atoms with E-state index in [4.69, 9.17) is 5.73 Å². The molecule has 88 valence electrons. The van der Waals surface area contributed by atoms with Gasteiger partial charge < -0.3 is 10.6 Å². The molecule has 1 aliphatic heterocycles. The second-order valence-corrected chi connectivity index (χ2v) is 6.50. The van der Waals surface area contributed by atoms with Crippen LogP contribution in [0.2, 0.25) is 0 Å². The fourth-order valence-corrected chi connectivity index (χ4v) is 2.08. The molecule has 1 saturated heterocycles. The first-order valence-electron chi connectivity index (χ1n) is 5.05. The van der Waals surface area contributed by atoms with Crippen molar-refractivity contribution in [2.24, 2.45) is 5.73 Å². The highest BCUT2D eigenvalue weighted by molar-refractivity contribution is 7.92. The van der Waals surface area contributed by atoms with Crippen LogP contribution in [0, 0.1) is 0 Å². The molecule has 1 unspecified atom stereocenters. The number of amides is 1. The van der Waals surface area contributed by atoms with Gasteiger partial charge in [0.15, 0.2) is 9.84 Å². The summed E-state index contributed by atoms with van der Waals surface area (Å²) in [6.07, 6.45) is 2.59. The Morgan fingerprint density at radius 2 is 1.87 bits per heavy atom. The maximum absolute atomic E-state index is 11.8. The highest BCUT2D eigenvalue weighted by atomic mass is 32.2. The number of carbonyl (C=O) groups is 1. The molecule has 1 aliphatic rings. The van der Waals surface area contributed by atoms with Crippen LogP contribution in [0.15, 0.2) is 0 Å². The lowest BCUT2D eigenvalue weighted by Crippen LogP contribution is -2.47. The third-order valence-electron chi connectivity index (χ3n) is 2.84. The van der Waals surface area contributed by atoms with Crippen molar-refractivity contribution < 1.29 is 13.2 Å². The molecule has 0 aromatic heterocycles. The molecule has 1 fully saturated rings. The molecule has 0 saturated carbocycles. The third-order valence-corrected chi connectivity index (χ3v) is 4.33. The second-order valence-electron chi connectivity index (χ2n) is 4.13. The van der Waals surface area contributed by atoms with E-state index in [0.29, 0.717) is 13.1 Å². The van der Waals surface area contributed by atoms with Gasteiger partial charge in [-0.05, 0) is 19.8 Å². The van der Waals surface area contributed by atoms with Crippen molar-refractivity contribution in [2.45, 2.75) is 31.1 Å². The molecule has 1 heterocycles. The lowest BCUT2D eigenvalue weighted by Gasteiger charge is -2.31. The number of sulfone groups is 1. The van der Waals surface area contributed by atoms with Crippen molar-refractivity contribution in [1.29, 1.82) is 0 Å². The monoisotopic (exact) mass is 234 g/mol. The summed E-state index contributed by atoms with van der Waals surface area (Å²) in [5, 5.41) is -0.938. The van der Waals surface area contributed by atoms with Crippen molar-refractivity contribution in [3.63, 3.8) is 0 Å². The zero-order valence-corrected chi connectivity index (χ0v) is 9.96. The molecule has 0 aromatic rings. The van der Waals surface area contributed by atoms with Crippen LogP contribution in [0.3, 0.4) is 0 Å². The quantitative estimate of drug-likeness (QED) is 0.690. The molecule has 1 atom stereocenters. The Hall–Kier alpha value is -0.620. The van der Waals surface area contributed by atoms with E-state index in [9.17, 15) is 13.2 Å². The van der Waals surface area contributed by atoms with Gasteiger partial charge in [-0.25, -0.2) is 8.42 Å². The van der Waals surface area contributed by atoms with Gasteiger partial charge in [0, 0.05) is 25.4 Å². The van der Waals surface area contributed by atoms with E-state index in [-0.39, 0.29) is 11.9 Å². The standard InChI is InChI=1S/C9H18N2O3S/c1-7(15(2,13)14)9(12)11-5-3-8(10)4-6-11/h7-8H,3-6,10H2,1-2H3. The van der Waals surface area contributed by atoms with Crippen LogP contribution < -0.4 is 5.73 Å². The number of piperidine rings is 1. The van der Waals surface area contributed by atoms with Gasteiger partial charge in [0.1, 0.15) is 5.25 Å². The molecule has 0 spiro atoms. The largest absolute Gasteiger partial charge is 0.341 e. The van der Waals surface area contributed by atoms with Gasteiger partial charge in [-0.15, -0.1) is 0 Å². The van der Waals surface area contributed by atoms with Crippen LogP contribution in [-0.4, -0.2) is 49.9 Å². The van der Waals surface area contributed by atoms with Crippen molar-refractivity contribution >= 4 is 15.7 Å². The van der Waals surface area contributed by atoms with Crippen molar-refractivity contribution in [2.75, 3.05) is 19.3 Å². The van der Waals surface area contributed by atoms with Crippen LogP contribution in [0.4, 0.5) is 0 Å². The first kappa shape index (κ1) is 12.4. The van der Waals surface area contributed by atoms with Crippen LogP contribution in [-0.2, 0) is 14.6 Å². The topological polar surface area (TPSA) is 80.5 Å². The zero-order valence-electron chi connectivity index (χ0n) is 9.14. The Bertz CT molecular complexity index is 331. The summed E-state index contributed by atoms with van der Waals surface area (Å²) in [6, 6.07) is 0.141. The minimum Gasteiger partial charge on any atom is -0.341 e. The van der Waals surface area contributed by atoms with Crippen molar-refractivity contribution in [3.05, 3.63) is 0 Å². The SMILES string of the molecule is CC(C(=O)N1CCC(N)CC1)S(C)(=O)=O. The molecule has 0 bridgehead atoms. The summed E-state index contributed by atoms with van der Waals surface area (Å²) in [4.78, 5) is 13.3. The number of hydrogen-bond acceptors (Lipinski definition) is 4. The lowest BCUT2D eigenvalue weighted by molar-refractivity contribution is -0.131. The average Bonchev–Trinajstić information content (AvgIpc) is 2.15. The number of rotatable bonds is 2. The molecular formula is C9H18N2O3S. The van der Waals surface area contributed by atoms with E-state index in [1.807, 2.05) is 0 Å². The van der Waals surface area contributed by atoms with Gasteiger partial charge in [-0.1, -0.05) is 0 Å². The number of carbonyl (C=O) groups excluding carboxylic acids is 1. The normalized spacial score (nSPS) is 21.4. The van der Waals surface area contributed by atoms with E-state index in [2.05, 4.69) is 0 Å². The van der Waals surface area contributed by atoms with Crippen LogP contribution in [0.25, 0.3) is 0 Å². The minimum absolute atomic E-state index is 0.141. The van der Waals surface area contributed by atoms with Crippen molar-refractivity contribution in [1.82, 2.24) is 4.90 Å². The molecule has 0 radical (unpaired) electrons. The maximum Gasteiger partial charge on any atom is 0.240 e. The van der Waals surface area contributed by atoms with E-state index in [0.717, 1.165) is 19.1 Å². The van der Waals surface area contributed by atoms with Crippen LogP contribution in [0.5, 0.6) is 0 Å². The Balaban J connectivity index is 2.62. The zero-order chi connectivity index (χ0) is 11.6. The second kappa shape index (κ2) is 4.49. The summed E-state index contributed by atoms with van der Waals surface area (Å²) < 4.78 is 22.4. The highest BCUT2D eigenvalue weighted by Gasteiger charge is 2.30. The molecule has 0 aromatic carbocycles. The average molecular weight is 234 g/mol. The van der Waals surface area contributed by atoms with E-state index in [1.165, 1.54) is 6.92 Å². The molecule has 5 nitrogen and oxygen atoms in total. The predicted octanol–water partition coefficient (Wildman–Crippen LogP) is -0.631. The maximum atomic E-state index is 11.8. The fourth-order valence-electron chi connectivity index (χ4n) is 1.56. The van der Waals surface area contributed by atoms with Gasteiger partial charge in [0.25, 0.3) is 0 Å². The summed E-state index contributed by atoms with van der Waals surface area (Å²) >= 11 is 0. The Labute approximate surface area is 90.5 Å². The Morgan fingerprint density at radius 1 is 1.40 bits per heavy atom. The number of nitrogens with two attached hydrogens (primary N) is 1. The van der Waals surface area contributed by atoms with Crippen LogP contribution >= 0.6 is 0 Å². The molecule has 15 heavy (non-hydrogen) atoms. The summed E-state index contributed by atoms with van der Waals surface area (Å²) in [7, 11) is -3.29. The van der Waals surface area contributed by atoms with Gasteiger partial charge in [-0.2, -0.15) is 0 Å². The minimum atomic E-state index is -3.29. The fraction of sp³-hybridized carbons (Fsp3) is 0.889. The summed E-state index contributed by atoms with van der Waals surface area (Å²) in [5.74, 6) is -0.301. The Kier molecular flexibility index (Phi) is 3.72. The molecule has 2 N–H and O–H groups in total. The summed E-state index contributed by atoms with van der Waals surface area (Å²) in [6.45, 7) is 2.58. The van der Waals surface area contributed by atoms with Gasteiger partial charge in [-0.3, -0.25) is 4.79 Å². The first-order chi connectivity index (χ1) is 6.82. The van der Waals surface area contributed by atoms with Gasteiger partial charge >= 0.3 is 0 Å². The molecular weight excluding hydrogens is 216 g/mol.